The van der Waals surface area contributed by atoms with Crippen LogP contribution in [0.1, 0.15) is 28.0 Å². The fraction of sp³-hybridized carbons (Fsp3) is 0.200. The molecule has 0 saturated carbocycles. The molecule has 1 amide bonds. The Bertz CT molecular complexity index is 785. The molecular formula is C15H12N4O2S. The van der Waals surface area contributed by atoms with Crippen molar-refractivity contribution in [1.82, 2.24) is 20.0 Å². The van der Waals surface area contributed by atoms with E-state index < -0.39 is 0 Å². The average molecular weight is 312 g/mol. The second-order valence-corrected chi connectivity index (χ2v) is 5.93. The van der Waals surface area contributed by atoms with Crippen LogP contribution < -0.4 is 0 Å². The molecule has 0 N–H and O–H groups in total. The van der Waals surface area contributed by atoms with Crippen molar-refractivity contribution < 1.29 is 9.32 Å². The third kappa shape index (κ3) is 2.19. The van der Waals surface area contributed by atoms with Crippen LogP contribution in [0.2, 0.25) is 0 Å². The molecule has 6 nitrogen and oxygen atoms in total. The lowest BCUT2D eigenvalue weighted by Crippen LogP contribution is -2.45. The van der Waals surface area contributed by atoms with E-state index in [1.807, 2.05) is 29.6 Å². The minimum absolute atomic E-state index is 0.0207. The number of hydrogen-bond donors (Lipinski definition) is 0. The Morgan fingerprint density at radius 1 is 1.36 bits per heavy atom. The number of carbonyl (C=O) groups is 1. The number of pyridine rings is 1. The van der Waals surface area contributed by atoms with Crippen LogP contribution in [0.15, 0.2) is 46.6 Å². The molecule has 4 heterocycles. The third-order valence-electron chi connectivity index (χ3n) is 3.66. The molecule has 0 bridgehead atoms. The summed E-state index contributed by atoms with van der Waals surface area (Å²) < 4.78 is 5.34. The Balaban J connectivity index is 1.56. The largest absolute Gasteiger partial charge is 0.337 e. The van der Waals surface area contributed by atoms with Crippen molar-refractivity contribution >= 4 is 17.2 Å². The number of carbonyl (C=O) groups excluding carboxylic acids is 1. The monoisotopic (exact) mass is 312 g/mol. The van der Waals surface area contributed by atoms with Gasteiger partial charge in [0, 0.05) is 24.5 Å². The van der Waals surface area contributed by atoms with Crippen molar-refractivity contribution in [3.8, 4) is 11.4 Å². The highest BCUT2D eigenvalue weighted by Crippen LogP contribution is 2.34. The first kappa shape index (κ1) is 13.1. The van der Waals surface area contributed by atoms with Crippen molar-refractivity contribution in [3.63, 3.8) is 0 Å². The van der Waals surface area contributed by atoms with Crippen molar-refractivity contribution in [1.29, 1.82) is 0 Å². The topological polar surface area (TPSA) is 72.1 Å². The van der Waals surface area contributed by atoms with E-state index in [0.717, 1.165) is 16.9 Å². The summed E-state index contributed by atoms with van der Waals surface area (Å²) in [5.41, 5.74) is 0.799. The summed E-state index contributed by atoms with van der Waals surface area (Å²) in [5, 5.41) is 5.88. The lowest BCUT2D eigenvalue weighted by Gasteiger charge is -2.38. The molecule has 1 saturated heterocycles. The summed E-state index contributed by atoms with van der Waals surface area (Å²) in [4.78, 5) is 23.3. The fourth-order valence-corrected chi connectivity index (χ4v) is 3.09. The first-order chi connectivity index (χ1) is 10.8. The number of amides is 1. The molecule has 0 aliphatic carbocycles. The van der Waals surface area contributed by atoms with E-state index in [2.05, 4.69) is 15.1 Å². The van der Waals surface area contributed by atoms with Gasteiger partial charge in [-0.2, -0.15) is 4.98 Å². The van der Waals surface area contributed by atoms with E-state index in [1.54, 1.807) is 17.3 Å². The first-order valence-electron chi connectivity index (χ1n) is 6.91. The maximum Gasteiger partial charge on any atom is 0.264 e. The number of thiophene rings is 1. The summed E-state index contributed by atoms with van der Waals surface area (Å²) in [7, 11) is 0. The predicted molar refractivity (Wildman–Crippen MR) is 80.2 cm³/mol. The fourth-order valence-electron chi connectivity index (χ4n) is 2.41. The molecule has 1 aliphatic heterocycles. The van der Waals surface area contributed by atoms with Crippen LogP contribution in [0, 0.1) is 0 Å². The van der Waals surface area contributed by atoms with Gasteiger partial charge in [0.1, 0.15) is 6.04 Å². The van der Waals surface area contributed by atoms with Crippen molar-refractivity contribution in [3.05, 3.63) is 52.8 Å². The van der Waals surface area contributed by atoms with Crippen molar-refractivity contribution in [2.75, 3.05) is 6.54 Å². The maximum absolute atomic E-state index is 12.4. The molecule has 0 spiro atoms. The Morgan fingerprint density at radius 3 is 3.00 bits per heavy atom. The zero-order valence-corrected chi connectivity index (χ0v) is 12.4. The van der Waals surface area contributed by atoms with E-state index in [-0.39, 0.29) is 11.9 Å². The maximum atomic E-state index is 12.4. The molecule has 3 aromatic heterocycles. The van der Waals surface area contributed by atoms with E-state index in [1.165, 1.54) is 11.3 Å². The summed E-state index contributed by atoms with van der Waals surface area (Å²) in [6.07, 6.45) is 4.22. The van der Waals surface area contributed by atoms with Crippen LogP contribution in [0.3, 0.4) is 0 Å². The number of likely N-dealkylation sites (tertiary alicyclic amines) is 1. The van der Waals surface area contributed by atoms with Gasteiger partial charge in [-0.15, -0.1) is 11.3 Å². The Morgan fingerprint density at radius 2 is 2.32 bits per heavy atom. The summed E-state index contributed by atoms with van der Waals surface area (Å²) in [6, 6.07) is 7.27. The Hall–Kier alpha value is -2.54. The molecule has 110 valence electrons. The van der Waals surface area contributed by atoms with Crippen LogP contribution in [0.25, 0.3) is 11.4 Å². The van der Waals surface area contributed by atoms with Crippen LogP contribution in [0.4, 0.5) is 0 Å². The SMILES string of the molecule is O=C(c1cccs1)N1CC[C@H]1c1nc(-c2cccnc2)no1. The number of nitrogens with zero attached hydrogens (tertiary/aromatic N) is 4. The molecular weight excluding hydrogens is 300 g/mol. The number of hydrogen-bond acceptors (Lipinski definition) is 6. The van der Waals surface area contributed by atoms with E-state index >= 15 is 0 Å². The van der Waals surface area contributed by atoms with E-state index in [4.69, 9.17) is 4.52 Å². The van der Waals surface area contributed by atoms with Gasteiger partial charge in [-0.05, 0) is 30.0 Å². The minimum atomic E-state index is -0.132. The first-order valence-corrected chi connectivity index (χ1v) is 7.79. The Kier molecular flexibility index (Phi) is 3.19. The standard InChI is InChI=1S/C15H12N4O2S/c20-15(12-4-2-8-22-12)19-7-5-11(19)14-17-13(18-21-14)10-3-1-6-16-9-10/h1-4,6,8-9,11H,5,7H2/t11-/m0/s1. The predicted octanol–water partition coefficient (Wildman–Crippen LogP) is 2.78. The second kappa shape index (κ2) is 5.34. The molecule has 7 heteroatoms. The van der Waals surface area contributed by atoms with Gasteiger partial charge in [0.2, 0.25) is 11.7 Å². The smallest absolute Gasteiger partial charge is 0.264 e. The van der Waals surface area contributed by atoms with Crippen molar-refractivity contribution in [2.45, 2.75) is 12.5 Å². The summed E-state index contributed by atoms with van der Waals surface area (Å²) in [6.45, 7) is 0.714. The molecule has 3 aromatic rings. The molecule has 1 atom stereocenters. The van der Waals surface area contributed by atoms with Gasteiger partial charge in [-0.3, -0.25) is 9.78 Å². The van der Waals surface area contributed by atoms with Crippen molar-refractivity contribution in [2.24, 2.45) is 0 Å². The van der Waals surface area contributed by atoms with Crippen LogP contribution in [0.5, 0.6) is 0 Å². The minimum Gasteiger partial charge on any atom is -0.337 e. The summed E-state index contributed by atoms with van der Waals surface area (Å²) in [5.74, 6) is 1.00. The number of aromatic nitrogens is 3. The van der Waals surface area contributed by atoms with Gasteiger partial charge in [-0.1, -0.05) is 11.2 Å². The molecule has 22 heavy (non-hydrogen) atoms. The zero-order valence-electron chi connectivity index (χ0n) is 11.5. The molecule has 0 aromatic carbocycles. The van der Waals surface area contributed by atoms with Gasteiger partial charge in [0.05, 0.1) is 4.88 Å². The van der Waals surface area contributed by atoms with Gasteiger partial charge in [-0.25, -0.2) is 0 Å². The lowest BCUT2D eigenvalue weighted by molar-refractivity contribution is 0.0384. The van der Waals surface area contributed by atoms with Crippen LogP contribution >= 0.6 is 11.3 Å². The highest BCUT2D eigenvalue weighted by Gasteiger charge is 2.38. The van der Waals surface area contributed by atoms with Crippen LogP contribution in [-0.4, -0.2) is 32.5 Å². The molecule has 1 aliphatic rings. The van der Waals surface area contributed by atoms with Crippen LogP contribution in [-0.2, 0) is 0 Å². The highest BCUT2D eigenvalue weighted by molar-refractivity contribution is 7.12. The van der Waals surface area contributed by atoms with Gasteiger partial charge >= 0.3 is 0 Å². The normalized spacial score (nSPS) is 17.3. The zero-order chi connectivity index (χ0) is 14.9. The lowest BCUT2D eigenvalue weighted by atomic mass is 10.0. The Labute approximate surface area is 130 Å². The van der Waals surface area contributed by atoms with Gasteiger partial charge in [0.15, 0.2) is 0 Å². The molecule has 4 rings (SSSR count). The summed E-state index contributed by atoms with van der Waals surface area (Å²) >= 11 is 1.44. The van der Waals surface area contributed by atoms with E-state index in [0.29, 0.717) is 18.3 Å². The highest BCUT2D eigenvalue weighted by atomic mass is 32.1. The molecule has 1 fully saturated rings. The molecule has 0 radical (unpaired) electrons. The van der Waals surface area contributed by atoms with E-state index in [9.17, 15) is 4.79 Å². The third-order valence-corrected chi connectivity index (χ3v) is 4.52. The average Bonchev–Trinajstić information content (AvgIpc) is 3.19. The molecule has 0 unspecified atom stereocenters. The quantitative estimate of drug-likeness (QED) is 0.743. The van der Waals surface area contributed by atoms with Gasteiger partial charge in [0.25, 0.3) is 5.91 Å². The van der Waals surface area contributed by atoms with Gasteiger partial charge < -0.3 is 9.42 Å². The second-order valence-electron chi connectivity index (χ2n) is 4.98. The number of rotatable bonds is 3.